The normalized spacial score (nSPS) is 15.1. The number of fused-ring (bicyclic) bond motifs is 2. The molecule has 0 saturated heterocycles. The third-order valence-corrected chi connectivity index (χ3v) is 5.72. The van der Waals surface area contributed by atoms with E-state index in [0.717, 1.165) is 0 Å². The van der Waals surface area contributed by atoms with Gasteiger partial charge in [0.25, 0.3) is 5.56 Å². The second kappa shape index (κ2) is 9.84. The SMILES string of the molecule is COCCNC(=O)CSc1nc2ccccc2c(=O)n1CC1COc2ccccc2O1. The van der Waals surface area contributed by atoms with Gasteiger partial charge >= 0.3 is 0 Å². The highest BCUT2D eigenvalue weighted by atomic mass is 32.2. The molecule has 9 heteroatoms. The number of aromatic nitrogens is 2. The van der Waals surface area contributed by atoms with Crippen molar-refractivity contribution in [3.8, 4) is 11.5 Å². The molecule has 0 spiro atoms. The van der Waals surface area contributed by atoms with Gasteiger partial charge in [-0.2, -0.15) is 0 Å². The van der Waals surface area contributed by atoms with E-state index >= 15 is 0 Å². The van der Waals surface area contributed by atoms with Gasteiger partial charge in [0.05, 0.1) is 29.8 Å². The minimum absolute atomic E-state index is 0.138. The third-order valence-electron chi connectivity index (χ3n) is 4.74. The number of carbonyl (C=O) groups is 1. The molecule has 2 heterocycles. The summed E-state index contributed by atoms with van der Waals surface area (Å²) in [6.07, 6.45) is -0.356. The number of hydrogen-bond donors (Lipinski definition) is 1. The van der Waals surface area contributed by atoms with Crippen molar-refractivity contribution in [3.63, 3.8) is 0 Å². The Kier molecular flexibility index (Phi) is 6.73. The van der Waals surface area contributed by atoms with E-state index in [0.29, 0.717) is 47.3 Å². The number of rotatable bonds is 8. The largest absolute Gasteiger partial charge is 0.486 e. The molecule has 0 aliphatic carbocycles. The third kappa shape index (κ3) is 5.00. The van der Waals surface area contributed by atoms with Gasteiger partial charge in [-0.15, -0.1) is 0 Å². The van der Waals surface area contributed by atoms with Crippen LogP contribution in [0.1, 0.15) is 0 Å². The topological polar surface area (TPSA) is 91.7 Å². The van der Waals surface area contributed by atoms with Crippen LogP contribution < -0.4 is 20.3 Å². The van der Waals surface area contributed by atoms with Crippen LogP contribution in [0.25, 0.3) is 10.9 Å². The Labute approximate surface area is 183 Å². The molecule has 0 fully saturated rings. The lowest BCUT2D eigenvalue weighted by molar-refractivity contribution is -0.118. The van der Waals surface area contributed by atoms with Crippen molar-refractivity contribution in [2.45, 2.75) is 17.8 Å². The number of benzene rings is 2. The standard InChI is InChI=1S/C22H23N3O5S/c1-28-11-10-23-20(26)14-31-22-24-17-7-3-2-6-16(17)21(27)25(22)12-15-13-29-18-8-4-5-9-19(18)30-15/h2-9,15H,10-14H2,1H3,(H,23,26). The molecule has 1 unspecified atom stereocenters. The zero-order valence-electron chi connectivity index (χ0n) is 17.1. The van der Waals surface area contributed by atoms with Crippen molar-refractivity contribution in [1.29, 1.82) is 0 Å². The number of methoxy groups -OCH3 is 1. The molecule has 8 nitrogen and oxygen atoms in total. The lowest BCUT2D eigenvalue weighted by Gasteiger charge is -2.27. The van der Waals surface area contributed by atoms with Gasteiger partial charge in [0.1, 0.15) is 6.61 Å². The number of ether oxygens (including phenoxy) is 3. The number of carbonyl (C=O) groups excluding carboxylic acids is 1. The van der Waals surface area contributed by atoms with Crippen LogP contribution >= 0.6 is 11.8 Å². The van der Waals surface area contributed by atoms with Crippen molar-refractivity contribution in [1.82, 2.24) is 14.9 Å². The van der Waals surface area contributed by atoms with E-state index in [1.807, 2.05) is 36.4 Å². The predicted molar refractivity (Wildman–Crippen MR) is 118 cm³/mol. The highest BCUT2D eigenvalue weighted by molar-refractivity contribution is 7.99. The number of hydrogen-bond acceptors (Lipinski definition) is 7. The summed E-state index contributed by atoms with van der Waals surface area (Å²) in [6, 6.07) is 14.6. The molecule has 1 aliphatic rings. The van der Waals surface area contributed by atoms with E-state index in [9.17, 15) is 9.59 Å². The zero-order valence-corrected chi connectivity index (χ0v) is 17.9. The molecule has 1 N–H and O–H groups in total. The van der Waals surface area contributed by atoms with Crippen LogP contribution in [-0.4, -0.2) is 54.2 Å². The highest BCUT2D eigenvalue weighted by Gasteiger charge is 2.23. The van der Waals surface area contributed by atoms with Gasteiger partial charge in [-0.1, -0.05) is 36.0 Å². The molecule has 0 bridgehead atoms. The molecular formula is C22H23N3O5S. The first kappa shape index (κ1) is 21.2. The van der Waals surface area contributed by atoms with Gasteiger partial charge in [-0.25, -0.2) is 4.98 Å². The summed E-state index contributed by atoms with van der Waals surface area (Å²) in [5.41, 5.74) is 0.424. The highest BCUT2D eigenvalue weighted by Crippen LogP contribution is 2.31. The molecular weight excluding hydrogens is 418 g/mol. The Balaban J connectivity index is 1.57. The monoisotopic (exact) mass is 441 g/mol. The van der Waals surface area contributed by atoms with Crippen LogP contribution in [0.4, 0.5) is 0 Å². The average Bonchev–Trinajstić information content (AvgIpc) is 2.80. The summed E-state index contributed by atoms with van der Waals surface area (Å²) in [5, 5.41) is 3.76. The fourth-order valence-corrected chi connectivity index (χ4v) is 4.09. The molecule has 0 saturated carbocycles. The number of nitrogens with one attached hydrogen (secondary N) is 1. The first-order valence-corrected chi connectivity index (χ1v) is 10.9. The number of thioether (sulfide) groups is 1. The second-order valence-corrected chi connectivity index (χ2v) is 7.90. The summed E-state index contributed by atoms with van der Waals surface area (Å²) >= 11 is 1.22. The zero-order chi connectivity index (χ0) is 21.6. The average molecular weight is 442 g/mol. The predicted octanol–water partition coefficient (Wildman–Crippen LogP) is 2.09. The van der Waals surface area contributed by atoms with Crippen LogP contribution in [0.2, 0.25) is 0 Å². The first-order valence-electron chi connectivity index (χ1n) is 9.92. The van der Waals surface area contributed by atoms with Crippen molar-refractivity contribution < 1.29 is 19.0 Å². The van der Waals surface area contributed by atoms with Crippen molar-refractivity contribution in [2.75, 3.05) is 32.6 Å². The van der Waals surface area contributed by atoms with Crippen LogP contribution in [0.5, 0.6) is 11.5 Å². The van der Waals surface area contributed by atoms with Gasteiger partial charge in [-0.3, -0.25) is 14.2 Å². The van der Waals surface area contributed by atoms with Crippen LogP contribution in [0.15, 0.2) is 58.5 Å². The molecule has 0 radical (unpaired) electrons. The number of para-hydroxylation sites is 3. The lowest BCUT2D eigenvalue weighted by Crippen LogP contribution is -2.37. The number of nitrogens with zero attached hydrogens (tertiary/aromatic N) is 2. The van der Waals surface area contributed by atoms with Crippen LogP contribution in [0.3, 0.4) is 0 Å². The molecule has 3 aromatic rings. The summed E-state index contributed by atoms with van der Waals surface area (Å²) in [6.45, 7) is 1.45. The smallest absolute Gasteiger partial charge is 0.262 e. The minimum Gasteiger partial charge on any atom is -0.486 e. The Hall–Kier alpha value is -3.04. The van der Waals surface area contributed by atoms with Gasteiger partial charge in [0, 0.05) is 13.7 Å². The summed E-state index contributed by atoms with van der Waals surface area (Å²) in [5.74, 6) is 1.32. The van der Waals surface area contributed by atoms with Gasteiger partial charge in [0.15, 0.2) is 22.8 Å². The molecule has 1 aliphatic heterocycles. The minimum atomic E-state index is -0.356. The van der Waals surface area contributed by atoms with E-state index in [2.05, 4.69) is 10.3 Å². The lowest BCUT2D eigenvalue weighted by atomic mass is 10.2. The van der Waals surface area contributed by atoms with E-state index in [1.54, 1.807) is 23.8 Å². The fourth-order valence-electron chi connectivity index (χ4n) is 3.25. The van der Waals surface area contributed by atoms with Gasteiger partial charge in [0.2, 0.25) is 5.91 Å². The van der Waals surface area contributed by atoms with Crippen molar-refractivity contribution in [2.24, 2.45) is 0 Å². The maximum absolute atomic E-state index is 13.2. The number of amides is 1. The molecule has 1 aromatic heterocycles. The summed E-state index contributed by atoms with van der Waals surface area (Å²) in [7, 11) is 1.58. The van der Waals surface area contributed by atoms with Crippen LogP contribution in [0, 0.1) is 0 Å². The van der Waals surface area contributed by atoms with Crippen molar-refractivity contribution >= 4 is 28.6 Å². The van der Waals surface area contributed by atoms with Crippen molar-refractivity contribution in [3.05, 3.63) is 58.9 Å². The van der Waals surface area contributed by atoms with Crippen LogP contribution in [-0.2, 0) is 16.1 Å². The Morgan fingerprint density at radius 1 is 1.23 bits per heavy atom. The molecule has 2 aromatic carbocycles. The Morgan fingerprint density at radius 3 is 2.84 bits per heavy atom. The molecule has 31 heavy (non-hydrogen) atoms. The maximum Gasteiger partial charge on any atom is 0.262 e. The summed E-state index contributed by atoms with van der Waals surface area (Å²) < 4.78 is 18.3. The second-order valence-electron chi connectivity index (χ2n) is 6.96. The molecule has 4 rings (SSSR count). The van der Waals surface area contributed by atoms with Gasteiger partial charge < -0.3 is 19.5 Å². The van der Waals surface area contributed by atoms with E-state index < -0.39 is 0 Å². The van der Waals surface area contributed by atoms with Gasteiger partial charge in [-0.05, 0) is 24.3 Å². The summed E-state index contributed by atoms with van der Waals surface area (Å²) in [4.78, 5) is 30.0. The Bertz CT molecular complexity index is 1130. The molecule has 162 valence electrons. The fraction of sp³-hybridized carbons (Fsp3) is 0.318. The molecule has 1 atom stereocenters. The van der Waals surface area contributed by atoms with E-state index in [4.69, 9.17) is 14.2 Å². The van der Waals surface area contributed by atoms with E-state index in [1.165, 1.54) is 11.8 Å². The first-order chi connectivity index (χ1) is 15.2. The Morgan fingerprint density at radius 2 is 2.00 bits per heavy atom. The van der Waals surface area contributed by atoms with E-state index in [-0.39, 0.29) is 29.9 Å². The quantitative estimate of drug-likeness (QED) is 0.325. The maximum atomic E-state index is 13.2. The molecule has 1 amide bonds.